The number of hydrogen-bond acceptors (Lipinski definition) is 5. The van der Waals surface area contributed by atoms with Gasteiger partial charge in [-0.25, -0.2) is 9.97 Å². The van der Waals surface area contributed by atoms with Gasteiger partial charge in [-0.15, -0.1) is 0 Å². The number of rotatable bonds is 5. The van der Waals surface area contributed by atoms with Crippen LogP contribution in [-0.4, -0.2) is 30.2 Å². The van der Waals surface area contributed by atoms with Crippen LogP contribution in [0.2, 0.25) is 0 Å². The first-order valence-electron chi connectivity index (χ1n) is 8.99. The van der Waals surface area contributed by atoms with Crippen LogP contribution in [0.25, 0.3) is 10.8 Å². The Balaban J connectivity index is 1.60. The van der Waals surface area contributed by atoms with Crippen LogP contribution in [0.5, 0.6) is 5.75 Å². The molecule has 0 spiro atoms. The molecule has 1 saturated carbocycles. The third-order valence-electron chi connectivity index (χ3n) is 5.26. The Labute approximate surface area is 153 Å². The average Bonchev–Trinajstić information content (AvgIpc) is 2.66. The third-order valence-corrected chi connectivity index (χ3v) is 5.26. The topological polar surface area (TPSA) is 64.3 Å². The molecular formula is C21H24N4O. The highest BCUT2D eigenvalue weighted by Crippen LogP contribution is 2.35. The fourth-order valence-electron chi connectivity index (χ4n) is 3.68. The van der Waals surface area contributed by atoms with Gasteiger partial charge in [-0.2, -0.15) is 0 Å². The molecule has 0 unspecified atom stereocenters. The molecule has 2 N–H and O–H groups in total. The zero-order chi connectivity index (χ0) is 18.1. The first-order chi connectivity index (χ1) is 12.7. The van der Waals surface area contributed by atoms with Crippen molar-refractivity contribution in [3.63, 3.8) is 0 Å². The van der Waals surface area contributed by atoms with Gasteiger partial charge in [-0.3, -0.25) is 0 Å². The molecule has 26 heavy (non-hydrogen) atoms. The molecule has 5 heteroatoms. The summed E-state index contributed by atoms with van der Waals surface area (Å²) in [5.74, 6) is 2.31. The van der Waals surface area contributed by atoms with Gasteiger partial charge in [0.25, 0.3) is 0 Å². The summed E-state index contributed by atoms with van der Waals surface area (Å²) in [7, 11) is 3.78. The van der Waals surface area contributed by atoms with Gasteiger partial charge in [0.1, 0.15) is 17.9 Å². The quantitative estimate of drug-likeness (QED) is 0.765. The van der Waals surface area contributed by atoms with Gasteiger partial charge < -0.3 is 15.4 Å². The molecule has 134 valence electrons. The van der Waals surface area contributed by atoms with E-state index in [1.54, 1.807) is 13.4 Å². The minimum Gasteiger partial charge on any atom is -0.496 e. The summed E-state index contributed by atoms with van der Waals surface area (Å²) >= 11 is 0. The Morgan fingerprint density at radius 3 is 2.62 bits per heavy atom. The number of methoxy groups -OCH3 is 1. The van der Waals surface area contributed by atoms with E-state index < -0.39 is 0 Å². The van der Waals surface area contributed by atoms with E-state index in [0.29, 0.717) is 12.0 Å². The van der Waals surface area contributed by atoms with E-state index in [1.165, 1.54) is 10.9 Å². The fraction of sp³-hybridized carbons (Fsp3) is 0.333. The summed E-state index contributed by atoms with van der Waals surface area (Å²) in [4.78, 5) is 11.1. The van der Waals surface area contributed by atoms with Crippen LogP contribution in [-0.2, 0) is 6.54 Å². The van der Waals surface area contributed by atoms with Crippen LogP contribution >= 0.6 is 0 Å². The molecule has 0 atom stereocenters. The van der Waals surface area contributed by atoms with E-state index in [0.717, 1.165) is 42.0 Å². The van der Waals surface area contributed by atoms with Crippen molar-refractivity contribution in [1.29, 1.82) is 0 Å². The van der Waals surface area contributed by atoms with Crippen molar-refractivity contribution >= 4 is 16.6 Å². The monoisotopic (exact) mass is 348 g/mol. The first kappa shape index (κ1) is 16.8. The van der Waals surface area contributed by atoms with Crippen molar-refractivity contribution in [2.45, 2.75) is 31.3 Å². The van der Waals surface area contributed by atoms with E-state index in [9.17, 15) is 0 Å². The third kappa shape index (κ3) is 3.10. The first-order valence-corrected chi connectivity index (χ1v) is 8.99. The van der Waals surface area contributed by atoms with Gasteiger partial charge >= 0.3 is 0 Å². The van der Waals surface area contributed by atoms with Crippen molar-refractivity contribution in [3.8, 4) is 5.75 Å². The molecule has 0 amide bonds. The van der Waals surface area contributed by atoms with E-state index in [1.807, 2.05) is 12.1 Å². The molecule has 1 aliphatic rings. The van der Waals surface area contributed by atoms with E-state index in [-0.39, 0.29) is 0 Å². The highest BCUT2D eigenvalue weighted by Gasteiger charge is 2.28. The van der Waals surface area contributed by atoms with E-state index in [2.05, 4.69) is 52.2 Å². The normalized spacial score (nSPS) is 19.2. The summed E-state index contributed by atoms with van der Waals surface area (Å²) in [5, 5.41) is 2.34. The summed E-state index contributed by atoms with van der Waals surface area (Å²) in [6, 6.07) is 14.9. The van der Waals surface area contributed by atoms with Gasteiger partial charge in [0, 0.05) is 42.7 Å². The second-order valence-corrected chi connectivity index (χ2v) is 7.06. The molecule has 0 aliphatic heterocycles. The minimum absolute atomic E-state index is 0.321. The molecule has 1 fully saturated rings. The van der Waals surface area contributed by atoms with Crippen molar-refractivity contribution in [1.82, 2.24) is 9.97 Å². The highest BCUT2D eigenvalue weighted by atomic mass is 16.5. The molecule has 0 bridgehead atoms. The van der Waals surface area contributed by atoms with Gasteiger partial charge in [-0.05, 0) is 29.9 Å². The number of benzene rings is 2. The van der Waals surface area contributed by atoms with Crippen LogP contribution in [0.4, 0.5) is 5.82 Å². The molecule has 1 aromatic heterocycles. The van der Waals surface area contributed by atoms with Crippen molar-refractivity contribution in [3.05, 3.63) is 60.0 Å². The van der Waals surface area contributed by atoms with Crippen LogP contribution < -0.4 is 15.4 Å². The van der Waals surface area contributed by atoms with E-state index in [4.69, 9.17) is 10.5 Å². The Morgan fingerprint density at radius 2 is 1.88 bits per heavy atom. The Hall–Kier alpha value is -2.66. The standard InChI is InChI=1S/C21H24N4O/c1-25(21-11-19(23-13-24-21)15-9-16(22)10-15)12-14-7-8-20(26-2)18-6-4-3-5-17(14)18/h3-8,11,13,15-16H,9-10,12,22H2,1-2H3. The minimum atomic E-state index is 0.321. The Kier molecular flexibility index (Phi) is 4.47. The number of nitrogens with two attached hydrogens (primary N) is 1. The Morgan fingerprint density at radius 1 is 1.12 bits per heavy atom. The summed E-state index contributed by atoms with van der Waals surface area (Å²) in [6.07, 6.45) is 3.70. The van der Waals surface area contributed by atoms with Crippen molar-refractivity contribution < 1.29 is 4.74 Å². The second kappa shape index (κ2) is 6.92. The maximum absolute atomic E-state index is 5.92. The van der Waals surface area contributed by atoms with Gasteiger partial charge in [-0.1, -0.05) is 30.3 Å². The average molecular weight is 348 g/mol. The number of ether oxygens (including phenoxy) is 1. The zero-order valence-corrected chi connectivity index (χ0v) is 15.2. The van der Waals surface area contributed by atoms with Gasteiger partial charge in [0.2, 0.25) is 0 Å². The molecule has 2 aromatic carbocycles. The predicted molar refractivity (Wildman–Crippen MR) is 105 cm³/mol. The number of fused-ring (bicyclic) bond motifs is 1. The van der Waals surface area contributed by atoms with E-state index >= 15 is 0 Å². The smallest absolute Gasteiger partial charge is 0.132 e. The molecule has 3 aromatic rings. The zero-order valence-electron chi connectivity index (χ0n) is 15.2. The summed E-state index contributed by atoms with van der Waals surface area (Å²) < 4.78 is 5.50. The number of nitrogens with zero attached hydrogens (tertiary/aromatic N) is 3. The van der Waals surface area contributed by atoms with Gasteiger partial charge in [0.15, 0.2) is 0 Å². The highest BCUT2D eigenvalue weighted by molar-refractivity contribution is 5.91. The van der Waals surface area contributed by atoms with Crippen LogP contribution in [0.1, 0.15) is 30.0 Å². The molecule has 4 rings (SSSR count). The number of anilines is 1. The fourth-order valence-corrected chi connectivity index (χ4v) is 3.68. The Bertz CT molecular complexity index is 921. The number of aromatic nitrogens is 2. The lowest BCUT2D eigenvalue weighted by Gasteiger charge is -2.32. The molecule has 0 radical (unpaired) electrons. The predicted octanol–water partition coefficient (Wildman–Crippen LogP) is 3.48. The lowest BCUT2D eigenvalue weighted by molar-refractivity contribution is 0.345. The molecule has 5 nitrogen and oxygen atoms in total. The maximum atomic E-state index is 5.92. The SMILES string of the molecule is COc1ccc(CN(C)c2cc(C3CC(N)C3)ncn2)c2ccccc12. The molecule has 1 heterocycles. The largest absolute Gasteiger partial charge is 0.496 e. The van der Waals surface area contributed by atoms with Crippen LogP contribution in [0.3, 0.4) is 0 Å². The lowest BCUT2D eigenvalue weighted by Crippen LogP contribution is -2.35. The van der Waals surface area contributed by atoms with Crippen molar-refractivity contribution in [2.75, 3.05) is 19.1 Å². The maximum Gasteiger partial charge on any atom is 0.132 e. The van der Waals surface area contributed by atoms with Crippen LogP contribution in [0, 0.1) is 0 Å². The molecular weight excluding hydrogens is 324 g/mol. The second-order valence-electron chi connectivity index (χ2n) is 7.06. The summed E-state index contributed by atoms with van der Waals surface area (Å²) in [5.41, 5.74) is 8.26. The van der Waals surface area contributed by atoms with Crippen molar-refractivity contribution in [2.24, 2.45) is 5.73 Å². The molecule has 0 saturated heterocycles. The lowest BCUT2D eigenvalue weighted by atomic mass is 9.78. The van der Waals surface area contributed by atoms with Gasteiger partial charge in [0.05, 0.1) is 7.11 Å². The molecule has 1 aliphatic carbocycles. The summed E-state index contributed by atoms with van der Waals surface area (Å²) in [6.45, 7) is 0.769. The van der Waals surface area contributed by atoms with Crippen LogP contribution in [0.15, 0.2) is 48.8 Å². The number of hydrogen-bond donors (Lipinski definition) is 1.